The first kappa shape index (κ1) is 15.3. The quantitative estimate of drug-likeness (QED) is 0.845. The van der Waals surface area contributed by atoms with Crippen LogP contribution < -0.4 is 5.32 Å². The summed E-state index contributed by atoms with van der Waals surface area (Å²) in [5.74, 6) is 2.93. The molecule has 4 heteroatoms. The lowest BCUT2D eigenvalue weighted by Gasteiger charge is -2.34. The van der Waals surface area contributed by atoms with Crippen molar-refractivity contribution in [2.24, 2.45) is 17.8 Å². The molecule has 1 saturated heterocycles. The summed E-state index contributed by atoms with van der Waals surface area (Å²) in [6, 6.07) is 0.524. The largest absolute Gasteiger partial charge is 0.317 e. The van der Waals surface area contributed by atoms with Gasteiger partial charge in [-0.3, -0.25) is 0 Å². The first-order chi connectivity index (χ1) is 9.04. The normalized spacial score (nSPS) is 36.2. The molecule has 1 saturated carbocycles. The van der Waals surface area contributed by atoms with E-state index >= 15 is 0 Å². The van der Waals surface area contributed by atoms with Crippen molar-refractivity contribution in [2.75, 3.05) is 18.6 Å². The molecule has 1 N–H and O–H groups in total. The fourth-order valence-corrected chi connectivity index (χ4v) is 5.84. The molecule has 0 radical (unpaired) electrons. The van der Waals surface area contributed by atoms with Gasteiger partial charge in [0.1, 0.15) is 0 Å². The van der Waals surface area contributed by atoms with Gasteiger partial charge in [-0.1, -0.05) is 26.2 Å². The molecule has 0 spiro atoms. The van der Waals surface area contributed by atoms with Crippen molar-refractivity contribution in [3.05, 3.63) is 0 Å². The van der Waals surface area contributed by atoms with Crippen LogP contribution in [0.1, 0.15) is 51.9 Å². The predicted molar refractivity (Wildman–Crippen MR) is 80.0 cm³/mol. The Kier molecular flexibility index (Phi) is 5.29. The summed E-state index contributed by atoms with van der Waals surface area (Å²) < 4.78 is 23.1. The lowest BCUT2D eigenvalue weighted by molar-refractivity contribution is 0.205. The molecule has 0 amide bonds. The van der Waals surface area contributed by atoms with Crippen molar-refractivity contribution in [1.29, 1.82) is 0 Å². The summed E-state index contributed by atoms with van der Waals surface area (Å²) in [4.78, 5) is 0. The molecule has 19 heavy (non-hydrogen) atoms. The average Bonchev–Trinajstić information content (AvgIpc) is 2.75. The fourth-order valence-electron chi connectivity index (χ4n) is 3.96. The van der Waals surface area contributed by atoms with Crippen LogP contribution in [0.3, 0.4) is 0 Å². The Bertz CT molecular complexity index is 372. The third-order valence-electron chi connectivity index (χ3n) is 5.32. The van der Waals surface area contributed by atoms with Crippen LogP contribution in [0.15, 0.2) is 0 Å². The average molecular weight is 287 g/mol. The second kappa shape index (κ2) is 6.57. The molecule has 0 aromatic rings. The van der Waals surface area contributed by atoms with E-state index in [0.717, 1.165) is 24.7 Å². The maximum absolute atomic E-state index is 11.5. The van der Waals surface area contributed by atoms with Gasteiger partial charge in [-0.05, 0) is 50.5 Å². The second-order valence-corrected chi connectivity index (χ2v) is 8.82. The van der Waals surface area contributed by atoms with Crippen molar-refractivity contribution in [3.8, 4) is 0 Å². The molecule has 2 atom stereocenters. The fraction of sp³-hybridized carbons (Fsp3) is 1.00. The van der Waals surface area contributed by atoms with Crippen LogP contribution in [-0.4, -0.2) is 33.0 Å². The van der Waals surface area contributed by atoms with Gasteiger partial charge in [-0.25, -0.2) is 8.42 Å². The van der Waals surface area contributed by atoms with Crippen LogP contribution in [0.25, 0.3) is 0 Å². The summed E-state index contributed by atoms with van der Waals surface area (Å²) >= 11 is 0. The van der Waals surface area contributed by atoms with Gasteiger partial charge in [-0.15, -0.1) is 0 Å². The molecular formula is C15H29NO2S. The van der Waals surface area contributed by atoms with Crippen molar-refractivity contribution in [3.63, 3.8) is 0 Å². The Morgan fingerprint density at radius 2 is 1.79 bits per heavy atom. The molecule has 2 aliphatic rings. The van der Waals surface area contributed by atoms with E-state index in [1.807, 2.05) is 7.05 Å². The van der Waals surface area contributed by atoms with E-state index in [0.29, 0.717) is 23.5 Å². The molecule has 0 aromatic heterocycles. The monoisotopic (exact) mass is 287 g/mol. The molecule has 0 bridgehead atoms. The van der Waals surface area contributed by atoms with Gasteiger partial charge in [-0.2, -0.15) is 0 Å². The zero-order valence-electron chi connectivity index (χ0n) is 12.4. The molecule has 2 fully saturated rings. The van der Waals surface area contributed by atoms with Gasteiger partial charge in [0.05, 0.1) is 11.5 Å². The predicted octanol–water partition coefficient (Wildman–Crippen LogP) is 2.62. The standard InChI is InChI=1S/C15H29NO2S/c1-3-12-4-6-14(7-5-12)15(16-2)10-13-8-9-19(17,18)11-13/h12-16H,3-11H2,1-2H3. The maximum Gasteiger partial charge on any atom is 0.150 e. The minimum Gasteiger partial charge on any atom is -0.317 e. The minimum atomic E-state index is -2.72. The first-order valence-electron chi connectivity index (χ1n) is 7.91. The van der Waals surface area contributed by atoms with E-state index in [2.05, 4.69) is 12.2 Å². The zero-order valence-corrected chi connectivity index (χ0v) is 13.2. The molecule has 112 valence electrons. The molecule has 1 aliphatic carbocycles. The van der Waals surface area contributed by atoms with Crippen LogP contribution in [-0.2, 0) is 9.84 Å². The van der Waals surface area contributed by atoms with Crippen molar-refractivity contribution in [1.82, 2.24) is 5.32 Å². The lowest BCUT2D eigenvalue weighted by Crippen LogP contribution is -2.37. The highest BCUT2D eigenvalue weighted by atomic mass is 32.2. The number of rotatable bonds is 5. The third kappa shape index (κ3) is 4.19. The van der Waals surface area contributed by atoms with Crippen LogP contribution in [0.2, 0.25) is 0 Å². The number of hydrogen-bond acceptors (Lipinski definition) is 3. The van der Waals surface area contributed by atoms with Gasteiger partial charge >= 0.3 is 0 Å². The molecule has 0 aromatic carbocycles. The van der Waals surface area contributed by atoms with Gasteiger partial charge in [0.2, 0.25) is 0 Å². The van der Waals surface area contributed by atoms with E-state index in [4.69, 9.17) is 0 Å². The molecule has 1 heterocycles. The van der Waals surface area contributed by atoms with Gasteiger partial charge in [0.15, 0.2) is 9.84 Å². The highest BCUT2D eigenvalue weighted by molar-refractivity contribution is 7.91. The molecular weight excluding hydrogens is 258 g/mol. The van der Waals surface area contributed by atoms with Crippen LogP contribution >= 0.6 is 0 Å². The Labute approximate surface area is 118 Å². The molecule has 1 aliphatic heterocycles. The van der Waals surface area contributed by atoms with Gasteiger partial charge in [0.25, 0.3) is 0 Å². The smallest absolute Gasteiger partial charge is 0.150 e. The molecule has 2 rings (SSSR count). The maximum atomic E-state index is 11.5. The summed E-state index contributed by atoms with van der Waals surface area (Å²) in [6.45, 7) is 2.30. The van der Waals surface area contributed by atoms with Crippen molar-refractivity contribution in [2.45, 2.75) is 57.9 Å². The summed E-state index contributed by atoms with van der Waals surface area (Å²) in [5, 5.41) is 3.46. The first-order valence-corrected chi connectivity index (χ1v) is 9.74. The topological polar surface area (TPSA) is 46.2 Å². The summed E-state index contributed by atoms with van der Waals surface area (Å²) in [7, 11) is -0.679. The molecule has 2 unspecified atom stereocenters. The SMILES string of the molecule is CCC1CCC(C(CC2CCS(=O)(=O)C2)NC)CC1. The molecule has 3 nitrogen and oxygen atoms in total. The van der Waals surface area contributed by atoms with Crippen LogP contribution in [0.5, 0.6) is 0 Å². The van der Waals surface area contributed by atoms with E-state index in [-0.39, 0.29) is 0 Å². The Morgan fingerprint density at radius 1 is 1.11 bits per heavy atom. The van der Waals surface area contributed by atoms with Crippen LogP contribution in [0.4, 0.5) is 0 Å². The van der Waals surface area contributed by atoms with E-state index in [1.165, 1.54) is 32.1 Å². The number of nitrogens with one attached hydrogen (secondary N) is 1. The van der Waals surface area contributed by atoms with Gasteiger partial charge < -0.3 is 5.32 Å². The van der Waals surface area contributed by atoms with E-state index in [9.17, 15) is 8.42 Å². The van der Waals surface area contributed by atoms with Crippen molar-refractivity contribution < 1.29 is 8.42 Å². The van der Waals surface area contributed by atoms with E-state index in [1.54, 1.807) is 0 Å². The lowest BCUT2D eigenvalue weighted by atomic mass is 9.75. The summed E-state index contributed by atoms with van der Waals surface area (Å²) in [5.41, 5.74) is 0. The van der Waals surface area contributed by atoms with Gasteiger partial charge in [0, 0.05) is 6.04 Å². The second-order valence-electron chi connectivity index (χ2n) is 6.59. The Balaban J connectivity index is 1.84. The van der Waals surface area contributed by atoms with E-state index < -0.39 is 9.84 Å². The third-order valence-corrected chi connectivity index (χ3v) is 7.16. The highest BCUT2D eigenvalue weighted by Crippen LogP contribution is 2.35. The Hall–Kier alpha value is -0.0900. The minimum absolute atomic E-state index is 0.395. The van der Waals surface area contributed by atoms with Crippen LogP contribution in [0, 0.1) is 17.8 Å². The van der Waals surface area contributed by atoms with Crippen molar-refractivity contribution >= 4 is 9.84 Å². The number of sulfone groups is 1. The number of hydrogen-bond donors (Lipinski definition) is 1. The Morgan fingerprint density at radius 3 is 2.26 bits per heavy atom. The highest BCUT2D eigenvalue weighted by Gasteiger charge is 2.33. The zero-order chi connectivity index (χ0) is 13.9. The summed E-state index contributed by atoms with van der Waals surface area (Å²) in [6.07, 6.45) is 8.62.